The van der Waals surface area contributed by atoms with E-state index >= 15 is 0 Å². The number of aromatic hydroxyl groups is 1. The molecule has 126 valence electrons. The molecule has 0 fully saturated rings. The van der Waals surface area contributed by atoms with Crippen molar-refractivity contribution in [3.8, 4) is 5.75 Å². The molecule has 0 heterocycles. The molecule has 0 amide bonds. The number of nitro groups is 1. The first-order chi connectivity index (χ1) is 12.6. The molecule has 0 aliphatic heterocycles. The number of fused-ring (bicyclic) bond motifs is 2. The average Bonchev–Trinajstić information content (AvgIpc) is 2.67. The van der Waals surface area contributed by atoms with E-state index in [-0.39, 0.29) is 11.4 Å². The van der Waals surface area contributed by atoms with E-state index in [4.69, 9.17) is 0 Å². The fourth-order valence-electron chi connectivity index (χ4n) is 2.97. The maximum atomic E-state index is 11.2. The zero-order valence-electron chi connectivity index (χ0n) is 13.5. The second-order valence-corrected chi connectivity index (χ2v) is 5.76. The first-order valence-corrected chi connectivity index (χ1v) is 7.94. The maximum absolute atomic E-state index is 11.2. The van der Waals surface area contributed by atoms with E-state index in [1.54, 1.807) is 36.4 Å². The molecule has 6 nitrogen and oxygen atoms in total. The van der Waals surface area contributed by atoms with Gasteiger partial charge in [0.1, 0.15) is 11.4 Å². The van der Waals surface area contributed by atoms with E-state index in [0.29, 0.717) is 22.1 Å². The van der Waals surface area contributed by atoms with Crippen LogP contribution in [0.3, 0.4) is 0 Å². The summed E-state index contributed by atoms with van der Waals surface area (Å²) < 4.78 is 0. The molecular weight excluding hydrogens is 330 g/mol. The monoisotopic (exact) mass is 343 g/mol. The molecule has 4 aromatic rings. The highest BCUT2D eigenvalue weighted by atomic mass is 16.6. The smallest absolute Gasteiger partial charge is 0.277 e. The van der Waals surface area contributed by atoms with E-state index in [1.165, 1.54) is 6.07 Å². The van der Waals surface area contributed by atoms with Crippen LogP contribution in [0.1, 0.15) is 0 Å². The third-order valence-electron chi connectivity index (χ3n) is 4.21. The van der Waals surface area contributed by atoms with Crippen LogP contribution < -0.4 is 0 Å². The number of hydrogen-bond acceptors (Lipinski definition) is 5. The van der Waals surface area contributed by atoms with Gasteiger partial charge in [0.05, 0.1) is 16.0 Å². The number of phenols is 1. The van der Waals surface area contributed by atoms with Gasteiger partial charge in [-0.3, -0.25) is 10.1 Å². The minimum absolute atomic E-state index is 0.0209. The highest BCUT2D eigenvalue weighted by Gasteiger charge is 2.14. The Morgan fingerprint density at radius 3 is 2.23 bits per heavy atom. The van der Waals surface area contributed by atoms with Crippen LogP contribution in [0.15, 0.2) is 83.0 Å². The van der Waals surface area contributed by atoms with Crippen LogP contribution in [0.5, 0.6) is 5.75 Å². The van der Waals surface area contributed by atoms with E-state index < -0.39 is 4.92 Å². The van der Waals surface area contributed by atoms with E-state index in [0.717, 1.165) is 10.8 Å². The predicted octanol–water partition coefficient (Wildman–Crippen LogP) is 6.02. The summed E-state index contributed by atoms with van der Waals surface area (Å²) in [5.41, 5.74) is 0.886. The van der Waals surface area contributed by atoms with Crippen LogP contribution in [-0.2, 0) is 0 Å². The average molecular weight is 343 g/mol. The van der Waals surface area contributed by atoms with Gasteiger partial charge in [0, 0.05) is 16.8 Å². The van der Waals surface area contributed by atoms with Crippen molar-refractivity contribution in [2.75, 3.05) is 0 Å². The fraction of sp³-hybridized carbons (Fsp3) is 0. The van der Waals surface area contributed by atoms with Crippen LogP contribution >= 0.6 is 0 Å². The quantitative estimate of drug-likeness (QED) is 0.280. The molecule has 26 heavy (non-hydrogen) atoms. The summed E-state index contributed by atoms with van der Waals surface area (Å²) in [6.45, 7) is 0. The minimum atomic E-state index is -0.417. The van der Waals surface area contributed by atoms with E-state index in [1.807, 2.05) is 30.3 Å². The molecule has 0 unspecified atom stereocenters. The number of phenolic OH excluding ortho intramolecular Hbond substituents is 1. The van der Waals surface area contributed by atoms with Crippen molar-refractivity contribution in [3.05, 3.63) is 82.9 Å². The molecule has 0 spiro atoms. The molecule has 6 heteroatoms. The lowest BCUT2D eigenvalue weighted by molar-refractivity contribution is -0.383. The Morgan fingerprint density at radius 2 is 1.46 bits per heavy atom. The van der Waals surface area contributed by atoms with E-state index in [2.05, 4.69) is 10.2 Å². The summed E-state index contributed by atoms with van der Waals surface area (Å²) in [5, 5.41) is 32.7. The second kappa shape index (κ2) is 6.25. The number of nitro benzene ring substituents is 1. The Hall–Kier alpha value is -3.80. The van der Waals surface area contributed by atoms with E-state index in [9.17, 15) is 15.2 Å². The molecule has 0 aromatic heterocycles. The number of benzene rings is 4. The Bertz CT molecular complexity index is 1190. The van der Waals surface area contributed by atoms with Gasteiger partial charge >= 0.3 is 0 Å². The molecule has 0 aliphatic carbocycles. The molecule has 0 radical (unpaired) electrons. The lowest BCUT2D eigenvalue weighted by Crippen LogP contribution is -1.89. The van der Waals surface area contributed by atoms with Crippen LogP contribution in [0.4, 0.5) is 17.1 Å². The first kappa shape index (κ1) is 15.7. The van der Waals surface area contributed by atoms with Crippen molar-refractivity contribution in [1.29, 1.82) is 0 Å². The highest BCUT2D eigenvalue weighted by Crippen LogP contribution is 2.38. The van der Waals surface area contributed by atoms with Crippen molar-refractivity contribution in [3.63, 3.8) is 0 Å². The summed E-state index contributed by atoms with van der Waals surface area (Å²) in [7, 11) is 0. The summed E-state index contributed by atoms with van der Waals surface area (Å²) in [5.74, 6) is 0.0265. The molecule has 1 N–H and O–H groups in total. The van der Waals surface area contributed by atoms with Crippen LogP contribution in [0.2, 0.25) is 0 Å². The predicted molar refractivity (Wildman–Crippen MR) is 100 cm³/mol. The molecule has 0 bridgehead atoms. The van der Waals surface area contributed by atoms with Crippen LogP contribution in [-0.4, -0.2) is 10.0 Å². The molecular formula is C20H13N3O3. The summed E-state index contributed by atoms with van der Waals surface area (Å²) in [6.07, 6.45) is 0. The van der Waals surface area contributed by atoms with Crippen molar-refractivity contribution >= 4 is 38.6 Å². The van der Waals surface area contributed by atoms with Crippen molar-refractivity contribution < 1.29 is 10.0 Å². The standard InChI is InChI=1S/C20H13N3O3/c24-19-12-9-13-5-1-2-6-14(13)20(19)22-21-17-10-11-18(23(25)26)16-8-4-3-7-15(16)17/h1-12,24H. The third-order valence-corrected chi connectivity index (χ3v) is 4.21. The largest absolute Gasteiger partial charge is 0.506 e. The fourth-order valence-corrected chi connectivity index (χ4v) is 2.97. The van der Waals surface area contributed by atoms with Gasteiger partial charge in [0.15, 0.2) is 0 Å². The first-order valence-electron chi connectivity index (χ1n) is 7.94. The molecule has 0 saturated heterocycles. The lowest BCUT2D eigenvalue weighted by atomic mass is 10.1. The number of rotatable bonds is 3. The number of nitrogens with zero attached hydrogens (tertiary/aromatic N) is 3. The van der Waals surface area contributed by atoms with Crippen LogP contribution in [0, 0.1) is 10.1 Å². The highest BCUT2D eigenvalue weighted by molar-refractivity contribution is 5.99. The summed E-state index contributed by atoms with van der Waals surface area (Å²) >= 11 is 0. The molecule has 0 aliphatic rings. The third kappa shape index (κ3) is 2.63. The Labute approximate surface area is 148 Å². The zero-order chi connectivity index (χ0) is 18.1. The van der Waals surface area contributed by atoms with Gasteiger partial charge in [-0.15, -0.1) is 10.2 Å². The topological polar surface area (TPSA) is 88.1 Å². The van der Waals surface area contributed by atoms with Gasteiger partial charge in [-0.25, -0.2) is 0 Å². The number of hydrogen-bond donors (Lipinski definition) is 1. The van der Waals surface area contributed by atoms with Crippen molar-refractivity contribution in [1.82, 2.24) is 0 Å². The molecule has 4 rings (SSSR count). The summed E-state index contributed by atoms with van der Waals surface area (Å²) in [4.78, 5) is 10.8. The molecule has 4 aromatic carbocycles. The van der Waals surface area contributed by atoms with Crippen LogP contribution in [0.25, 0.3) is 21.5 Å². The SMILES string of the molecule is O=[N+]([O-])c1ccc(N=Nc2c(O)ccc3ccccc23)c2ccccc12. The normalized spacial score (nSPS) is 11.4. The van der Waals surface area contributed by atoms with Gasteiger partial charge < -0.3 is 5.11 Å². The Balaban J connectivity index is 1.88. The number of azo groups is 1. The second-order valence-electron chi connectivity index (χ2n) is 5.76. The molecule has 0 atom stereocenters. The zero-order valence-corrected chi connectivity index (χ0v) is 13.5. The van der Waals surface area contributed by atoms with Crippen molar-refractivity contribution in [2.45, 2.75) is 0 Å². The van der Waals surface area contributed by atoms with Gasteiger partial charge in [0.2, 0.25) is 0 Å². The van der Waals surface area contributed by atoms with Gasteiger partial charge in [0.25, 0.3) is 5.69 Å². The Kier molecular flexibility index (Phi) is 3.78. The minimum Gasteiger partial charge on any atom is -0.506 e. The molecule has 0 saturated carbocycles. The number of non-ortho nitro benzene ring substituents is 1. The maximum Gasteiger partial charge on any atom is 0.277 e. The lowest BCUT2D eigenvalue weighted by Gasteiger charge is -2.05. The van der Waals surface area contributed by atoms with Gasteiger partial charge in [-0.05, 0) is 23.6 Å². The van der Waals surface area contributed by atoms with Gasteiger partial charge in [-0.2, -0.15) is 0 Å². The Morgan fingerprint density at radius 1 is 0.769 bits per heavy atom. The van der Waals surface area contributed by atoms with Gasteiger partial charge in [-0.1, -0.05) is 48.5 Å². The van der Waals surface area contributed by atoms with Crippen molar-refractivity contribution in [2.24, 2.45) is 10.2 Å². The summed E-state index contributed by atoms with van der Waals surface area (Å²) in [6, 6.07) is 20.9.